The summed E-state index contributed by atoms with van der Waals surface area (Å²) >= 11 is 0. The van der Waals surface area contributed by atoms with E-state index in [4.69, 9.17) is 0 Å². The number of nitrogens with one attached hydrogen (secondary N) is 2. The first-order valence-electron chi connectivity index (χ1n) is 13.1. The first-order chi connectivity index (χ1) is 17.9. The molecule has 0 radical (unpaired) electrons. The summed E-state index contributed by atoms with van der Waals surface area (Å²) in [4.78, 5) is 40.7. The highest BCUT2D eigenvalue weighted by atomic mass is 19.1. The summed E-state index contributed by atoms with van der Waals surface area (Å²) in [5.74, 6) is 0.798. The van der Waals surface area contributed by atoms with E-state index in [2.05, 4.69) is 44.2 Å². The molecule has 4 aliphatic heterocycles. The maximum atomic E-state index is 14.8. The van der Waals surface area contributed by atoms with Crippen molar-refractivity contribution in [3.05, 3.63) is 47.7 Å². The average molecular weight is 508 g/mol. The van der Waals surface area contributed by atoms with Gasteiger partial charge in [0.15, 0.2) is 0 Å². The highest BCUT2D eigenvalue weighted by Crippen LogP contribution is 2.36. The van der Waals surface area contributed by atoms with Gasteiger partial charge in [-0.2, -0.15) is 0 Å². The van der Waals surface area contributed by atoms with Crippen LogP contribution in [-0.2, 0) is 16.1 Å². The van der Waals surface area contributed by atoms with Crippen molar-refractivity contribution in [2.75, 3.05) is 48.3 Å². The molecule has 2 N–H and O–H groups in total. The van der Waals surface area contributed by atoms with Crippen molar-refractivity contribution in [3.8, 4) is 0 Å². The molecule has 9 nitrogen and oxygen atoms in total. The van der Waals surface area contributed by atoms with E-state index in [0.29, 0.717) is 73.2 Å². The Hall–Kier alpha value is -3.53. The summed E-state index contributed by atoms with van der Waals surface area (Å²) in [6, 6.07) is 5.19. The average Bonchev–Trinajstić information content (AvgIpc) is 3.22. The number of amides is 2. The van der Waals surface area contributed by atoms with Gasteiger partial charge in [0.2, 0.25) is 5.91 Å². The quantitative estimate of drug-likeness (QED) is 0.611. The van der Waals surface area contributed by atoms with Crippen molar-refractivity contribution in [2.24, 2.45) is 0 Å². The van der Waals surface area contributed by atoms with Crippen LogP contribution < -0.4 is 15.5 Å². The van der Waals surface area contributed by atoms with Gasteiger partial charge in [-0.1, -0.05) is 6.42 Å². The van der Waals surface area contributed by atoms with Crippen molar-refractivity contribution in [3.63, 3.8) is 0 Å². The number of hydrogen-bond acceptors (Lipinski definition) is 7. The number of anilines is 3. The van der Waals surface area contributed by atoms with E-state index in [-0.39, 0.29) is 23.7 Å². The van der Waals surface area contributed by atoms with E-state index in [1.807, 2.05) is 4.90 Å². The number of aromatic nitrogens is 2. The van der Waals surface area contributed by atoms with Crippen LogP contribution in [0.4, 0.5) is 21.7 Å². The summed E-state index contributed by atoms with van der Waals surface area (Å²) < 4.78 is 14.8. The first kappa shape index (κ1) is 25.1. The monoisotopic (exact) mass is 507 g/mol. The Balaban J connectivity index is 1.49. The Morgan fingerprint density at radius 1 is 0.973 bits per heavy atom. The van der Waals surface area contributed by atoms with Crippen molar-refractivity contribution in [1.29, 1.82) is 0 Å². The number of piperazine rings is 1. The predicted octanol–water partition coefficient (Wildman–Crippen LogP) is 3.45. The number of fused-ring (bicyclic) bond motifs is 10. The maximum absolute atomic E-state index is 14.8. The highest BCUT2D eigenvalue weighted by molar-refractivity contribution is 6.32. The van der Waals surface area contributed by atoms with Crippen LogP contribution in [0.1, 0.15) is 50.7 Å². The van der Waals surface area contributed by atoms with E-state index in [1.54, 1.807) is 18.3 Å². The van der Waals surface area contributed by atoms with Gasteiger partial charge in [-0.3, -0.25) is 14.5 Å². The first-order valence-corrected chi connectivity index (χ1v) is 13.1. The van der Waals surface area contributed by atoms with Gasteiger partial charge in [-0.05, 0) is 51.4 Å². The molecule has 2 amide bonds. The largest absolute Gasteiger partial charge is 0.361 e. The lowest BCUT2D eigenvalue weighted by Crippen LogP contribution is -2.49. The molecule has 0 atom stereocenters. The van der Waals surface area contributed by atoms with Crippen LogP contribution >= 0.6 is 0 Å². The van der Waals surface area contributed by atoms with Crippen molar-refractivity contribution in [2.45, 2.75) is 52.1 Å². The Morgan fingerprint density at radius 2 is 1.76 bits per heavy atom. The second-order valence-electron chi connectivity index (χ2n) is 10.1. The topological polar surface area (TPSA) is 93.7 Å². The van der Waals surface area contributed by atoms with Gasteiger partial charge < -0.3 is 20.4 Å². The Labute approximate surface area is 216 Å². The fourth-order valence-electron chi connectivity index (χ4n) is 5.16. The molecule has 196 valence electrons. The fourth-order valence-corrected chi connectivity index (χ4v) is 5.16. The summed E-state index contributed by atoms with van der Waals surface area (Å²) in [7, 11) is 0. The number of carbonyl (C=O) groups is 2. The summed E-state index contributed by atoms with van der Waals surface area (Å²) in [5, 5.41) is 6.02. The van der Waals surface area contributed by atoms with Gasteiger partial charge in [-0.25, -0.2) is 14.4 Å². The number of halogens is 1. The summed E-state index contributed by atoms with van der Waals surface area (Å²) in [6.45, 7) is 8.06. The number of nitrogens with zero attached hydrogens (tertiary/aromatic N) is 5. The maximum Gasteiger partial charge on any atom is 0.259 e. The van der Waals surface area contributed by atoms with Crippen LogP contribution in [0.15, 0.2) is 30.7 Å². The Kier molecular flexibility index (Phi) is 7.36. The van der Waals surface area contributed by atoms with Crippen molar-refractivity contribution in [1.82, 2.24) is 19.8 Å². The Bertz CT molecular complexity index is 1210. The summed E-state index contributed by atoms with van der Waals surface area (Å²) in [5.41, 5.74) is 2.36. The zero-order valence-electron chi connectivity index (χ0n) is 21.5. The zero-order chi connectivity index (χ0) is 25.9. The van der Waals surface area contributed by atoms with E-state index in [0.717, 1.165) is 25.8 Å². The molecular weight excluding hydrogens is 473 g/mol. The van der Waals surface area contributed by atoms with E-state index >= 15 is 0 Å². The number of carbonyl (C=O) groups excluding carboxylic acids is 2. The van der Waals surface area contributed by atoms with Crippen molar-refractivity contribution >= 4 is 34.7 Å². The molecule has 1 aromatic heterocycles. The Morgan fingerprint density at radius 3 is 2.54 bits per heavy atom. The van der Waals surface area contributed by atoms with Crippen molar-refractivity contribution < 1.29 is 14.0 Å². The summed E-state index contributed by atoms with van der Waals surface area (Å²) in [6.07, 6.45) is 6.40. The molecule has 1 saturated heterocycles. The molecular formula is C27H34FN7O2. The molecule has 0 unspecified atom stereocenters. The molecule has 5 heterocycles. The lowest BCUT2D eigenvalue weighted by Gasteiger charge is -2.36. The van der Waals surface area contributed by atoms with Crippen LogP contribution in [0.5, 0.6) is 0 Å². The SMILES string of the molecule is CC(C)N1CCCCCC(=O)N2CCN(CC2)c2ncnc3c2/C(=C/Nc2ccc(F)c(c2)C1)C(=O)N3. The van der Waals surface area contributed by atoms with E-state index in [1.165, 1.54) is 12.4 Å². The minimum absolute atomic E-state index is 0.184. The van der Waals surface area contributed by atoms with Gasteiger partial charge in [-0.15, -0.1) is 0 Å². The number of hydrogen-bond donors (Lipinski definition) is 2. The van der Waals surface area contributed by atoms with Gasteiger partial charge >= 0.3 is 0 Å². The number of rotatable bonds is 1. The third-order valence-electron chi connectivity index (χ3n) is 7.37. The molecule has 37 heavy (non-hydrogen) atoms. The fraction of sp³-hybridized carbons (Fsp3) is 0.481. The second-order valence-corrected chi connectivity index (χ2v) is 10.1. The lowest BCUT2D eigenvalue weighted by atomic mass is 10.1. The van der Waals surface area contributed by atoms with Gasteiger partial charge in [0.1, 0.15) is 23.8 Å². The molecule has 2 aromatic rings. The van der Waals surface area contributed by atoms with Crippen LogP contribution in [0.3, 0.4) is 0 Å². The molecule has 1 aromatic carbocycles. The van der Waals surface area contributed by atoms with Gasteiger partial charge in [0.25, 0.3) is 5.91 Å². The molecule has 0 spiro atoms. The van der Waals surface area contributed by atoms with E-state index in [9.17, 15) is 14.0 Å². The van der Waals surface area contributed by atoms with Crippen LogP contribution in [-0.4, -0.2) is 70.3 Å². The molecule has 0 saturated carbocycles. The second kappa shape index (κ2) is 10.8. The lowest BCUT2D eigenvalue weighted by molar-refractivity contribution is -0.131. The normalized spacial score (nSPS) is 20.8. The van der Waals surface area contributed by atoms with Crippen LogP contribution in [0.25, 0.3) is 5.57 Å². The molecule has 0 aliphatic carbocycles. The van der Waals surface area contributed by atoms with Gasteiger partial charge in [0, 0.05) is 62.6 Å². The number of benzene rings is 1. The van der Waals surface area contributed by atoms with Crippen LogP contribution in [0.2, 0.25) is 0 Å². The molecule has 1 fully saturated rings. The molecule has 4 bridgehead atoms. The third-order valence-corrected chi connectivity index (χ3v) is 7.37. The third kappa shape index (κ3) is 5.44. The van der Waals surface area contributed by atoms with Crippen LogP contribution in [0, 0.1) is 5.82 Å². The minimum Gasteiger partial charge on any atom is -0.361 e. The molecule has 6 rings (SSSR count). The zero-order valence-corrected chi connectivity index (χ0v) is 21.5. The predicted molar refractivity (Wildman–Crippen MR) is 141 cm³/mol. The molecule has 4 aliphatic rings. The molecule has 10 heteroatoms. The van der Waals surface area contributed by atoms with E-state index < -0.39 is 0 Å². The highest BCUT2D eigenvalue weighted by Gasteiger charge is 2.32. The van der Waals surface area contributed by atoms with Gasteiger partial charge in [0.05, 0.1) is 11.1 Å². The smallest absolute Gasteiger partial charge is 0.259 e. The standard InChI is InChI=1S/C27H34FN7O2/c1-18(2)35-9-5-3-4-6-23(36)33-10-12-34(13-11-33)26-24-21(27(37)32-25(24)30-17-31-26)15-29-20-7-8-22(28)19(14-20)16-35/h7-8,14-15,17-18,29H,3-6,9-13,16H2,1-2H3,(H,30,31,32,37)/b21-15-. The minimum atomic E-state index is -0.270.